The number of allylic oxidation sites excluding steroid dienone is 1. The number of piperazine rings is 1. The highest BCUT2D eigenvalue weighted by atomic mass is 16.2. The first-order chi connectivity index (χ1) is 19.3. The smallest absolute Gasteiger partial charge is 0.242 e. The van der Waals surface area contributed by atoms with Gasteiger partial charge in [-0.05, 0) is 42.5 Å². The molecule has 0 bridgehead atoms. The summed E-state index contributed by atoms with van der Waals surface area (Å²) >= 11 is 0. The van der Waals surface area contributed by atoms with Crippen LogP contribution in [0, 0.1) is 12.3 Å². The fourth-order valence-electron chi connectivity index (χ4n) is 6.18. The van der Waals surface area contributed by atoms with Gasteiger partial charge in [0.05, 0.1) is 24.0 Å². The predicted octanol–water partition coefficient (Wildman–Crippen LogP) is 4.75. The number of carbonyl (C=O) groups excluding carboxylic acids is 2. The van der Waals surface area contributed by atoms with Crippen LogP contribution >= 0.6 is 0 Å². The number of anilines is 3. The summed E-state index contributed by atoms with van der Waals surface area (Å²) in [6.45, 7) is 9.09. The van der Waals surface area contributed by atoms with Crippen LogP contribution in [-0.2, 0) is 9.59 Å². The van der Waals surface area contributed by atoms with Crippen LogP contribution in [0.4, 0.5) is 17.3 Å². The highest BCUT2D eigenvalue weighted by molar-refractivity contribution is 6.02. The number of Topliss-reactive ketones (excluding diaryl/α,β-unsaturated/α-hetero) is 1. The highest BCUT2D eigenvalue weighted by Crippen LogP contribution is 2.48. The molecule has 3 aliphatic rings. The van der Waals surface area contributed by atoms with E-state index in [1.807, 2.05) is 23.1 Å². The van der Waals surface area contributed by atoms with Crippen LogP contribution in [0.25, 0.3) is 0 Å². The van der Waals surface area contributed by atoms with Crippen LogP contribution in [0.15, 0.2) is 78.3 Å². The second-order valence-electron chi connectivity index (χ2n) is 11.8. The number of aromatic nitrogens is 2. The second kappa shape index (κ2) is 10.4. The number of hydrogen-bond donors (Lipinski definition) is 1. The number of aryl methyl sites for hydroxylation is 1. The molecule has 0 spiro atoms. The predicted molar refractivity (Wildman–Crippen MR) is 157 cm³/mol. The molecule has 0 saturated carbocycles. The van der Waals surface area contributed by atoms with Crippen molar-refractivity contribution in [2.24, 2.45) is 5.41 Å². The van der Waals surface area contributed by atoms with Crippen molar-refractivity contribution >= 4 is 29.0 Å². The Balaban J connectivity index is 1.35. The molecule has 1 atom stereocenters. The van der Waals surface area contributed by atoms with E-state index in [9.17, 15) is 9.59 Å². The minimum absolute atomic E-state index is 0.0492. The van der Waals surface area contributed by atoms with E-state index >= 15 is 0 Å². The van der Waals surface area contributed by atoms with Gasteiger partial charge in [-0.25, -0.2) is 9.97 Å². The SMILES string of the molecule is Cc1ccc(C2C3=C(CC(C)(C)CC3=O)Nc3ccccc3N2CC(=O)N2CCN(c3ncccn3)CC2)cc1. The normalized spacial score (nSPS) is 20.4. The van der Waals surface area contributed by atoms with Gasteiger partial charge < -0.3 is 20.0 Å². The third-order valence-electron chi connectivity index (χ3n) is 8.17. The molecular formula is C32H36N6O2. The van der Waals surface area contributed by atoms with E-state index in [1.54, 1.807) is 18.5 Å². The Morgan fingerprint density at radius 2 is 1.65 bits per heavy atom. The number of ketones is 1. The Labute approximate surface area is 235 Å². The molecule has 0 radical (unpaired) electrons. The summed E-state index contributed by atoms with van der Waals surface area (Å²) in [4.78, 5) is 42.7. The molecule has 1 aromatic heterocycles. The maximum atomic E-state index is 13.9. The van der Waals surface area contributed by atoms with E-state index in [0.717, 1.165) is 40.2 Å². The lowest BCUT2D eigenvalue weighted by Gasteiger charge is -2.40. The molecule has 206 valence electrons. The molecule has 40 heavy (non-hydrogen) atoms. The highest BCUT2D eigenvalue weighted by Gasteiger charge is 2.42. The van der Waals surface area contributed by atoms with Crippen molar-refractivity contribution in [1.29, 1.82) is 0 Å². The van der Waals surface area contributed by atoms with E-state index in [2.05, 4.69) is 76.2 Å². The van der Waals surface area contributed by atoms with Crippen LogP contribution in [0.3, 0.4) is 0 Å². The van der Waals surface area contributed by atoms with Crippen molar-refractivity contribution < 1.29 is 9.59 Å². The van der Waals surface area contributed by atoms with E-state index in [4.69, 9.17) is 0 Å². The summed E-state index contributed by atoms with van der Waals surface area (Å²) in [5, 5.41) is 3.64. The molecule has 3 heterocycles. The lowest BCUT2D eigenvalue weighted by Crippen LogP contribution is -2.52. The van der Waals surface area contributed by atoms with Gasteiger partial charge in [0.1, 0.15) is 0 Å². The van der Waals surface area contributed by atoms with Gasteiger partial charge in [0, 0.05) is 56.3 Å². The van der Waals surface area contributed by atoms with Gasteiger partial charge in [-0.1, -0.05) is 55.8 Å². The number of nitrogens with zero attached hydrogens (tertiary/aromatic N) is 5. The average molecular weight is 537 g/mol. The number of carbonyl (C=O) groups is 2. The first-order valence-electron chi connectivity index (χ1n) is 14.0. The molecule has 1 aliphatic carbocycles. The van der Waals surface area contributed by atoms with Gasteiger partial charge in [-0.3, -0.25) is 9.59 Å². The van der Waals surface area contributed by atoms with Crippen molar-refractivity contribution in [3.63, 3.8) is 0 Å². The lowest BCUT2D eigenvalue weighted by molar-refractivity contribution is -0.130. The lowest BCUT2D eigenvalue weighted by atomic mass is 9.73. The quantitative estimate of drug-likeness (QED) is 0.515. The molecule has 3 aromatic rings. The van der Waals surface area contributed by atoms with E-state index < -0.39 is 0 Å². The number of amides is 1. The summed E-state index contributed by atoms with van der Waals surface area (Å²) in [5.41, 5.74) is 5.63. The molecule has 2 aromatic carbocycles. The van der Waals surface area contributed by atoms with Crippen LogP contribution in [-0.4, -0.2) is 59.3 Å². The Morgan fingerprint density at radius 1 is 0.950 bits per heavy atom. The number of benzene rings is 2. The molecule has 2 aliphatic heterocycles. The standard InChI is InChI=1S/C32H36N6O2/c1-22-9-11-23(12-10-22)30-29-25(19-32(2,3)20-27(29)39)35-24-7-4-5-8-26(24)38(30)21-28(40)36-15-17-37(18-16-36)31-33-13-6-14-34-31/h4-14,30,35H,15-21H2,1-3H3. The number of hydrogen-bond acceptors (Lipinski definition) is 7. The maximum absolute atomic E-state index is 13.9. The molecular weight excluding hydrogens is 500 g/mol. The monoisotopic (exact) mass is 536 g/mol. The second-order valence-corrected chi connectivity index (χ2v) is 11.8. The number of rotatable bonds is 4. The molecule has 1 fully saturated rings. The molecule has 1 amide bonds. The van der Waals surface area contributed by atoms with E-state index in [-0.39, 0.29) is 29.7 Å². The van der Waals surface area contributed by atoms with Crippen molar-refractivity contribution in [3.8, 4) is 0 Å². The van der Waals surface area contributed by atoms with Gasteiger partial charge in [0.15, 0.2) is 5.78 Å². The maximum Gasteiger partial charge on any atom is 0.242 e. The van der Waals surface area contributed by atoms with Crippen molar-refractivity contribution in [2.75, 3.05) is 47.8 Å². The largest absolute Gasteiger partial charge is 0.357 e. The summed E-state index contributed by atoms with van der Waals surface area (Å²) in [7, 11) is 0. The summed E-state index contributed by atoms with van der Waals surface area (Å²) < 4.78 is 0. The molecule has 1 N–H and O–H groups in total. The van der Waals surface area contributed by atoms with Crippen LogP contribution in [0.1, 0.15) is 43.9 Å². The van der Waals surface area contributed by atoms with Gasteiger partial charge in [-0.2, -0.15) is 0 Å². The van der Waals surface area contributed by atoms with Crippen molar-refractivity contribution in [2.45, 2.75) is 39.7 Å². The number of fused-ring (bicyclic) bond motifs is 1. The Morgan fingerprint density at radius 3 is 2.38 bits per heavy atom. The Bertz CT molecular complexity index is 1440. The topological polar surface area (TPSA) is 81.7 Å². The summed E-state index contributed by atoms with van der Waals surface area (Å²) in [5.74, 6) is 0.888. The van der Waals surface area contributed by atoms with Crippen molar-refractivity contribution in [3.05, 3.63) is 89.4 Å². The van der Waals surface area contributed by atoms with E-state index in [1.165, 1.54) is 0 Å². The molecule has 1 saturated heterocycles. The summed E-state index contributed by atoms with van der Waals surface area (Å²) in [6.07, 6.45) is 4.74. The zero-order chi connectivity index (χ0) is 27.9. The molecule has 6 rings (SSSR count). The third kappa shape index (κ3) is 5.06. The Kier molecular flexibility index (Phi) is 6.78. The van der Waals surface area contributed by atoms with Crippen LogP contribution in [0.2, 0.25) is 0 Å². The van der Waals surface area contributed by atoms with Gasteiger partial charge in [-0.15, -0.1) is 0 Å². The minimum Gasteiger partial charge on any atom is -0.357 e. The van der Waals surface area contributed by atoms with Gasteiger partial charge >= 0.3 is 0 Å². The van der Waals surface area contributed by atoms with Crippen molar-refractivity contribution in [1.82, 2.24) is 14.9 Å². The molecule has 1 unspecified atom stereocenters. The van der Waals surface area contributed by atoms with Crippen LogP contribution in [0.5, 0.6) is 0 Å². The van der Waals surface area contributed by atoms with Crippen LogP contribution < -0.4 is 15.1 Å². The Hall–Kier alpha value is -4.20. The first kappa shape index (κ1) is 26.0. The zero-order valence-electron chi connectivity index (χ0n) is 23.4. The summed E-state index contributed by atoms with van der Waals surface area (Å²) in [6, 6.07) is 17.9. The molecule has 8 nitrogen and oxygen atoms in total. The van der Waals surface area contributed by atoms with Gasteiger partial charge in [0.2, 0.25) is 11.9 Å². The number of para-hydroxylation sites is 2. The van der Waals surface area contributed by atoms with E-state index in [0.29, 0.717) is 38.5 Å². The fourth-order valence-corrected chi connectivity index (χ4v) is 6.18. The number of nitrogens with one attached hydrogen (secondary N) is 1. The molecule has 8 heteroatoms. The first-order valence-corrected chi connectivity index (χ1v) is 14.0. The fraction of sp³-hybridized carbons (Fsp3) is 0.375. The zero-order valence-corrected chi connectivity index (χ0v) is 23.4. The average Bonchev–Trinajstić information content (AvgIpc) is 3.08. The third-order valence-corrected chi connectivity index (χ3v) is 8.17. The van der Waals surface area contributed by atoms with Gasteiger partial charge in [0.25, 0.3) is 0 Å². The minimum atomic E-state index is -0.363.